The number of aromatic amines is 1. The number of primary amides is 1. The van der Waals surface area contributed by atoms with E-state index in [0.717, 1.165) is 27.6 Å². The van der Waals surface area contributed by atoms with Crippen molar-refractivity contribution in [2.24, 2.45) is 10.8 Å². The maximum atomic E-state index is 13.2. The van der Waals surface area contributed by atoms with Crippen molar-refractivity contribution in [3.63, 3.8) is 0 Å². The van der Waals surface area contributed by atoms with Gasteiger partial charge in [0.25, 0.3) is 11.8 Å². The number of H-pyrrole nitrogens is 1. The number of nitrogens with two attached hydrogens (primary N) is 1. The van der Waals surface area contributed by atoms with Gasteiger partial charge in [0.05, 0.1) is 22.4 Å². The Hall–Kier alpha value is -3.96. The summed E-state index contributed by atoms with van der Waals surface area (Å²) in [6.07, 6.45) is 7.60. The first kappa shape index (κ1) is 33.9. The average Bonchev–Trinajstić information content (AvgIpc) is 3.45. The maximum absolute atomic E-state index is 13.2. The largest absolute Gasteiger partial charge is 0.366 e. The number of carbonyl (C=O) groups excluding carboxylic acids is 2. The summed E-state index contributed by atoms with van der Waals surface area (Å²) in [4.78, 5) is 29.0. The molecule has 0 aliphatic carbocycles. The molecule has 0 unspecified atom stereocenters. The zero-order valence-corrected chi connectivity index (χ0v) is 28.0. The Labute approximate surface area is 266 Å². The van der Waals surface area contributed by atoms with Gasteiger partial charge in [-0.2, -0.15) is 5.10 Å². The van der Waals surface area contributed by atoms with Gasteiger partial charge in [-0.05, 0) is 94.2 Å². The number of rotatable bonds is 11. The van der Waals surface area contributed by atoms with E-state index >= 15 is 0 Å². The van der Waals surface area contributed by atoms with E-state index in [1.807, 2.05) is 71.2 Å². The molecule has 1 saturated heterocycles. The monoisotopic (exact) mass is 634 g/mol. The second kappa shape index (κ2) is 14.0. The number of aromatic nitrogens is 1. The van der Waals surface area contributed by atoms with Gasteiger partial charge in [-0.1, -0.05) is 37.3 Å². The molecule has 0 atom stereocenters. The smallest absolute Gasteiger partial charge is 0.269 e. The molecular formula is C34H46N6O4S. The minimum atomic E-state index is -3.22. The number of nitrogens with one attached hydrogen (secondary N) is 2. The van der Waals surface area contributed by atoms with E-state index in [0.29, 0.717) is 55.7 Å². The van der Waals surface area contributed by atoms with Crippen molar-refractivity contribution < 1.29 is 18.0 Å². The van der Waals surface area contributed by atoms with Crippen LogP contribution in [0.2, 0.25) is 0 Å². The van der Waals surface area contributed by atoms with Crippen molar-refractivity contribution in [1.82, 2.24) is 19.6 Å². The Morgan fingerprint density at radius 3 is 2.33 bits per heavy atom. The lowest BCUT2D eigenvalue weighted by atomic mass is 9.88. The summed E-state index contributed by atoms with van der Waals surface area (Å²) in [5, 5.41) is 10.1. The number of amides is 2. The third kappa shape index (κ3) is 7.65. The lowest BCUT2D eigenvalue weighted by Crippen LogP contribution is -2.42. The zero-order valence-electron chi connectivity index (χ0n) is 27.2. The average molecular weight is 635 g/mol. The molecule has 0 saturated carbocycles. The number of hydrogen-bond donors (Lipinski definition) is 3. The fraction of sp³-hybridized carbons (Fsp3) is 0.441. The molecule has 10 nitrogen and oxygen atoms in total. The maximum Gasteiger partial charge on any atom is 0.269 e. The second-order valence-electron chi connectivity index (χ2n) is 12.4. The van der Waals surface area contributed by atoms with Gasteiger partial charge in [0, 0.05) is 37.4 Å². The molecule has 242 valence electrons. The number of nitrogens with zero attached hydrogens (tertiary/aromatic N) is 3. The lowest BCUT2D eigenvalue weighted by molar-refractivity contribution is -0.120. The fourth-order valence-corrected chi connectivity index (χ4v) is 6.98. The highest BCUT2D eigenvalue weighted by Gasteiger charge is 2.30. The number of carbonyl (C=O) groups is 2. The van der Waals surface area contributed by atoms with Gasteiger partial charge < -0.3 is 16.0 Å². The molecule has 2 amide bonds. The van der Waals surface area contributed by atoms with Crippen LogP contribution < -0.4 is 11.1 Å². The van der Waals surface area contributed by atoms with E-state index in [9.17, 15) is 18.0 Å². The van der Waals surface area contributed by atoms with Gasteiger partial charge in [0.1, 0.15) is 5.70 Å². The molecule has 4 rings (SSSR count). The molecule has 1 fully saturated rings. The molecule has 1 aliphatic rings. The molecule has 2 heterocycles. The van der Waals surface area contributed by atoms with Crippen LogP contribution in [0.4, 0.5) is 0 Å². The Bertz CT molecular complexity index is 1690. The summed E-state index contributed by atoms with van der Waals surface area (Å²) >= 11 is 0. The molecule has 1 aliphatic heterocycles. The number of sulfonamides is 1. The first-order valence-corrected chi connectivity index (χ1v) is 17.2. The Balaban J connectivity index is 1.55. The SMILES string of the molecule is C/C=N/N(/C(=C\CC)C(=O)NCc1ccc(-c2cc(C(N)=O)c3[nH]cc(C4CCN(S(=O)(=O)CC)CC4)c3c2)cc1)C(C)(C)C. The van der Waals surface area contributed by atoms with Gasteiger partial charge >= 0.3 is 0 Å². The van der Waals surface area contributed by atoms with E-state index in [-0.39, 0.29) is 23.1 Å². The molecule has 0 bridgehead atoms. The van der Waals surface area contributed by atoms with Crippen LogP contribution in [0.1, 0.15) is 88.2 Å². The summed E-state index contributed by atoms with van der Waals surface area (Å²) in [6, 6.07) is 11.7. The molecule has 0 radical (unpaired) electrons. The van der Waals surface area contributed by atoms with Crippen LogP contribution in [0.25, 0.3) is 22.0 Å². The number of fused-ring (bicyclic) bond motifs is 1. The molecule has 45 heavy (non-hydrogen) atoms. The lowest BCUT2D eigenvalue weighted by Gasteiger charge is -2.34. The summed E-state index contributed by atoms with van der Waals surface area (Å²) in [5.41, 5.74) is 10.8. The summed E-state index contributed by atoms with van der Waals surface area (Å²) < 4.78 is 26.3. The van der Waals surface area contributed by atoms with E-state index < -0.39 is 15.9 Å². The van der Waals surface area contributed by atoms with Crippen LogP contribution in [0.3, 0.4) is 0 Å². The van der Waals surface area contributed by atoms with E-state index in [1.54, 1.807) is 28.5 Å². The second-order valence-corrected chi connectivity index (χ2v) is 14.6. The summed E-state index contributed by atoms with van der Waals surface area (Å²) in [5.74, 6) is -0.461. The van der Waals surface area contributed by atoms with Gasteiger partial charge in [0.2, 0.25) is 10.0 Å². The van der Waals surface area contributed by atoms with Crippen molar-refractivity contribution in [3.8, 4) is 11.1 Å². The molecule has 2 aromatic carbocycles. The number of hydrazone groups is 1. The van der Waals surface area contributed by atoms with Crippen molar-refractivity contribution in [1.29, 1.82) is 0 Å². The minimum Gasteiger partial charge on any atom is -0.366 e. The highest BCUT2D eigenvalue weighted by Crippen LogP contribution is 2.37. The Kier molecular flexibility index (Phi) is 10.5. The van der Waals surface area contributed by atoms with Crippen LogP contribution in [0.5, 0.6) is 0 Å². The van der Waals surface area contributed by atoms with Crippen LogP contribution in [-0.4, -0.2) is 65.1 Å². The standard InChI is InChI=1S/C34H46N6O4S/c1-7-10-30(40(38-8-2)34(4,5)6)33(42)37-21-23-11-13-24(14-12-23)26-19-27-29(22-36-31(27)28(20-26)32(35)41)25-15-17-39(18-16-25)45(43,44)9-3/h8,10-14,19-20,22,25,36H,7,9,15-18,21H2,1-6H3,(H2,35,41)(H,37,42)/b30-10-,38-8+. The quantitative estimate of drug-likeness (QED) is 0.146. The number of allylic oxidation sites excluding steroid dienone is 1. The summed E-state index contributed by atoms with van der Waals surface area (Å²) in [6.45, 7) is 12.8. The minimum absolute atomic E-state index is 0.0992. The van der Waals surface area contributed by atoms with Gasteiger partial charge in [-0.3, -0.25) is 14.6 Å². The van der Waals surface area contributed by atoms with Crippen LogP contribution in [0, 0.1) is 0 Å². The van der Waals surface area contributed by atoms with Crippen molar-refractivity contribution in [3.05, 3.63) is 71.1 Å². The van der Waals surface area contributed by atoms with Crippen molar-refractivity contribution in [2.45, 2.75) is 78.8 Å². The molecule has 11 heteroatoms. The highest BCUT2D eigenvalue weighted by molar-refractivity contribution is 7.89. The topological polar surface area (TPSA) is 141 Å². The van der Waals surface area contributed by atoms with E-state index in [1.165, 1.54) is 0 Å². The Morgan fingerprint density at radius 2 is 1.78 bits per heavy atom. The van der Waals surface area contributed by atoms with E-state index in [4.69, 9.17) is 5.73 Å². The molecule has 4 N–H and O–H groups in total. The van der Waals surface area contributed by atoms with Crippen LogP contribution in [0.15, 0.2) is 59.5 Å². The molecule has 1 aromatic heterocycles. The normalized spacial score (nSPS) is 15.6. The summed E-state index contributed by atoms with van der Waals surface area (Å²) in [7, 11) is -3.22. The van der Waals surface area contributed by atoms with Crippen LogP contribution >= 0.6 is 0 Å². The number of hydrogen-bond acceptors (Lipinski definition) is 6. The zero-order chi connectivity index (χ0) is 32.9. The number of piperidine rings is 1. The first-order valence-electron chi connectivity index (χ1n) is 15.6. The van der Waals surface area contributed by atoms with Crippen molar-refractivity contribution >= 4 is 39.0 Å². The predicted octanol–water partition coefficient (Wildman–Crippen LogP) is 5.48. The number of benzene rings is 2. The van der Waals surface area contributed by atoms with Gasteiger partial charge in [-0.15, -0.1) is 0 Å². The fourth-order valence-electron chi connectivity index (χ4n) is 5.85. The third-order valence-electron chi connectivity index (χ3n) is 8.20. The highest BCUT2D eigenvalue weighted by atomic mass is 32.2. The van der Waals surface area contributed by atoms with Gasteiger partial charge in [0.15, 0.2) is 0 Å². The third-order valence-corrected chi connectivity index (χ3v) is 10.1. The first-order chi connectivity index (χ1) is 21.3. The van der Waals surface area contributed by atoms with Crippen LogP contribution in [-0.2, 0) is 21.4 Å². The molecule has 0 spiro atoms. The molecule has 3 aromatic rings. The predicted molar refractivity (Wildman–Crippen MR) is 181 cm³/mol. The van der Waals surface area contributed by atoms with E-state index in [2.05, 4.69) is 21.5 Å². The molecular weight excluding hydrogens is 588 g/mol. The van der Waals surface area contributed by atoms with Crippen molar-refractivity contribution in [2.75, 3.05) is 18.8 Å². The Morgan fingerprint density at radius 1 is 1.11 bits per heavy atom. The van der Waals surface area contributed by atoms with Gasteiger partial charge in [-0.25, -0.2) is 12.7 Å².